The average molecular weight is 397 g/mol. The van der Waals surface area contributed by atoms with Crippen LogP contribution in [0.4, 0.5) is 10.1 Å². The molecule has 0 aliphatic carbocycles. The minimum atomic E-state index is -3.51. The molecule has 2 aromatic rings. The molecule has 1 heterocycles. The number of piperidine rings is 1. The maximum absolute atomic E-state index is 13.1. The van der Waals surface area contributed by atoms with Crippen molar-refractivity contribution in [3.05, 3.63) is 58.9 Å². The van der Waals surface area contributed by atoms with Crippen molar-refractivity contribution in [1.29, 1.82) is 0 Å². The lowest BCUT2D eigenvalue weighted by Crippen LogP contribution is -2.35. The molecule has 26 heavy (non-hydrogen) atoms. The minimum Gasteiger partial charge on any atom is -0.322 e. The van der Waals surface area contributed by atoms with E-state index in [0.29, 0.717) is 18.8 Å². The van der Waals surface area contributed by atoms with Crippen LogP contribution in [-0.4, -0.2) is 31.7 Å². The van der Waals surface area contributed by atoms with E-state index in [0.717, 1.165) is 31.4 Å². The molecule has 1 aliphatic heterocycles. The summed E-state index contributed by atoms with van der Waals surface area (Å²) in [5.41, 5.74) is 0.561. The molecule has 1 saturated heterocycles. The number of carbonyl (C=O) groups is 1. The third-order valence-corrected chi connectivity index (χ3v) is 6.47. The first-order valence-corrected chi connectivity index (χ1v) is 10.1. The molecule has 1 amide bonds. The molecule has 0 bridgehead atoms. The van der Waals surface area contributed by atoms with Gasteiger partial charge in [0.1, 0.15) is 5.82 Å². The Morgan fingerprint density at radius 2 is 1.69 bits per heavy atom. The van der Waals surface area contributed by atoms with Gasteiger partial charge >= 0.3 is 0 Å². The molecular weight excluding hydrogens is 379 g/mol. The fourth-order valence-electron chi connectivity index (χ4n) is 2.84. The van der Waals surface area contributed by atoms with E-state index in [4.69, 9.17) is 11.6 Å². The molecule has 1 fully saturated rings. The Labute approximate surface area is 156 Å². The van der Waals surface area contributed by atoms with Gasteiger partial charge in [-0.15, -0.1) is 0 Å². The van der Waals surface area contributed by atoms with Gasteiger partial charge in [-0.05, 0) is 55.3 Å². The fourth-order valence-corrected chi connectivity index (χ4v) is 4.61. The quantitative estimate of drug-likeness (QED) is 0.852. The number of rotatable bonds is 4. The summed E-state index contributed by atoms with van der Waals surface area (Å²) in [6.07, 6.45) is 2.78. The maximum atomic E-state index is 13.1. The third-order valence-electron chi connectivity index (χ3n) is 4.24. The van der Waals surface area contributed by atoms with E-state index in [9.17, 15) is 17.6 Å². The van der Waals surface area contributed by atoms with Crippen molar-refractivity contribution in [2.24, 2.45) is 0 Å². The van der Waals surface area contributed by atoms with Crippen LogP contribution in [0.25, 0.3) is 0 Å². The highest BCUT2D eigenvalue weighted by atomic mass is 35.5. The Morgan fingerprint density at radius 1 is 1.04 bits per heavy atom. The second-order valence-corrected chi connectivity index (χ2v) is 8.41. The van der Waals surface area contributed by atoms with E-state index >= 15 is 0 Å². The number of hydrogen-bond acceptors (Lipinski definition) is 3. The van der Waals surface area contributed by atoms with Crippen LogP contribution < -0.4 is 5.32 Å². The Bertz CT molecular complexity index is 911. The number of halogens is 2. The summed E-state index contributed by atoms with van der Waals surface area (Å²) < 4.78 is 39.8. The molecule has 0 radical (unpaired) electrons. The molecule has 0 spiro atoms. The van der Waals surface area contributed by atoms with Gasteiger partial charge < -0.3 is 5.32 Å². The number of carbonyl (C=O) groups excluding carboxylic acids is 1. The summed E-state index contributed by atoms with van der Waals surface area (Å²) in [7, 11) is -3.51. The predicted molar refractivity (Wildman–Crippen MR) is 98.4 cm³/mol. The molecule has 3 rings (SSSR count). The van der Waals surface area contributed by atoms with Crippen LogP contribution in [0, 0.1) is 5.82 Å². The molecule has 0 unspecified atom stereocenters. The molecule has 8 heteroatoms. The predicted octanol–water partition coefficient (Wildman–Crippen LogP) is 3.91. The summed E-state index contributed by atoms with van der Waals surface area (Å²) >= 11 is 5.88. The van der Waals surface area contributed by atoms with Gasteiger partial charge in [-0.25, -0.2) is 12.8 Å². The summed E-state index contributed by atoms with van der Waals surface area (Å²) in [6, 6.07) is 9.47. The first-order valence-electron chi connectivity index (χ1n) is 8.24. The number of anilines is 1. The van der Waals surface area contributed by atoms with Crippen molar-refractivity contribution in [3.8, 4) is 0 Å². The summed E-state index contributed by atoms with van der Waals surface area (Å²) in [5.74, 6) is -1.03. The summed E-state index contributed by atoms with van der Waals surface area (Å²) in [4.78, 5) is 12.4. The van der Waals surface area contributed by atoms with Crippen LogP contribution in [0.3, 0.4) is 0 Å². The van der Waals surface area contributed by atoms with Crippen molar-refractivity contribution >= 4 is 33.2 Å². The number of amides is 1. The molecule has 5 nitrogen and oxygen atoms in total. The molecule has 0 atom stereocenters. The zero-order valence-electron chi connectivity index (χ0n) is 13.9. The van der Waals surface area contributed by atoms with Crippen LogP contribution in [0.5, 0.6) is 0 Å². The molecule has 0 aromatic heterocycles. The lowest BCUT2D eigenvalue weighted by molar-refractivity contribution is 0.102. The molecule has 2 aromatic carbocycles. The van der Waals surface area contributed by atoms with Crippen molar-refractivity contribution in [3.63, 3.8) is 0 Å². The second-order valence-electron chi connectivity index (χ2n) is 6.07. The van der Waals surface area contributed by atoms with Crippen LogP contribution in [0.2, 0.25) is 5.02 Å². The standard InChI is InChI=1S/C18H18ClFN2O3S/c19-17-12-13(20)4-9-16(17)18(23)21-14-5-7-15(8-6-14)26(24,25)22-10-2-1-3-11-22/h4-9,12H,1-3,10-11H2,(H,21,23). The number of nitrogens with zero attached hydrogens (tertiary/aromatic N) is 1. The Kier molecular flexibility index (Phi) is 5.60. The molecule has 138 valence electrons. The van der Waals surface area contributed by atoms with Crippen LogP contribution in [0.15, 0.2) is 47.4 Å². The van der Waals surface area contributed by atoms with Gasteiger partial charge in [0.05, 0.1) is 15.5 Å². The first-order chi connectivity index (χ1) is 12.4. The zero-order chi connectivity index (χ0) is 18.7. The monoisotopic (exact) mass is 396 g/mol. The lowest BCUT2D eigenvalue weighted by Gasteiger charge is -2.25. The normalized spacial score (nSPS) is 15.6. The Balaban J connectivity index is 1.74. The van der Waals surface area contributed by atoms with Crippen molar-refractivity contribution in [1.82, 2.24) is 4.31 Å². The van der Waals surface area contributed by atoms with E-state index in [1.165, 1.54) is 34.6 Å². The molecule has 0 saturated carbocycles. The fraction of sp³-hybridized carbons (Fsp3) is 0.278. The van der Waals surface area contributed by atoms with Gasteiger partial charge in [0.15, 0.2) is 0 Å². The zero-order valence-corrected chi connectivity index (χ0v) is 15.5. The average Bonchev–Trinajstić information content (AvgIpc) is 2.63. The maximum Gasteiger partial charge on any atom is 0.257 e. The highest BCUT2D eigenvalue weighted by molar-refractivity contribution is 7.89. The molecular formula is C18H18ClFN2O3S. The topological polar surface area (TPSA) is 66.5 Å². The SMILES string of the molecule is O=C(Nc1ccc(S(=O)(=O)N2CCCCC2)cc1)c1ccc(F)cc1Cl. The van der Waals surface area contributed by atoms with E-state index in [1.807, 2.05) is 0 Å². The lowest BCUT2D eigenvalue weighted by atomic mass is 10.2. The number of benzene rings is 2. The first kappa shape index (κ1) is 18.8. The van der Waals surface area contributed by atoms with Gasteiger partial charge in [0, 0.05) is 18.8 Å². The summed E-state index contributed by atoms with van der Waals surface area (Å²) in [5, 5.41) is 2.63. The van der Waals surface area contributed by atoms with Crippen LogP contribution in [0.1, 0.15) is 29.6 Å². The minimum absolute atomic E-state index is 0.00629. The Hall–Kier alpha value is -1.96. The number of sulfonamides is 1. The largest absolute Gasteiger partial charge is 0.322 e. The van der Waals surface area contributed by atoms with Crippen LogP contribution >= 0.6 is 11.6 Å². The third kappa shape index (κ3) is 4.06. The molecule has 1 aliphatic rings. The van der Waals surface area contributed by atoms with E-state index < -0.39 is 21.7 Å². The molecule has 1 N–H and O–H groups in total. The smallest absolute Gasteiger partial charge is 0.257 e. The van der Waals surface area contributed by atoms with Gasteiger partial charge in [0.2, 0.25) is 10.0 Å². The number of nitrogens with one attached hydrogen (secondary N) is 1. The van der Waals surface area contributed by atoms with Crippen molar-refractivity contribution in [2.75, 3.05) is 18.4 Å². The van der Waals surface area contributed by atoms with Gasteiger partial charge in [0.25, 0.3) is 5.91 Å². The van der Waals surface area contributed by atoms with Crippen molar-refractivity contribution in [2.45, 2.75) is 24.2 Å². The van der Waals surface area contributed by atoms with Crippen LogP contribution in [-0.2, 0) is 10.0 Å². The van der Waals surface area contributed by atoms with E-state index in [1.54, 1.807) is 0 Å². The van der Waals surface area contributed by atoms with Gasteiger partial charge in [-0.3, -0.25) is 4.79 Å². The van der Waals surface area contributed by atoms with E-state index in [2.05, 4.69) is 5.32 Å². The van der Waals surface area contributed by atoms with E-state index in [-0.39, 0.29) is 15.5 Å². The summed E-state index contributed by atoms with van der Waals surface area (Å²) in [6.45, 7) is 1.06. The highest BCUT2D eigenvalue weighted by Crippen LogP contribution is 2.23. The van der Waals surface area contributed by atoms with Gasteiger partial charge in [-0.2, -0.15) is 4.31 Å². The second kappa shape index (κ2) is 7.73. The van der Waals surface area contributed by atoms with Gasteiger partial charge in [-0.1, -0.05) is 18.0 Å². The Morgan fingerprint density at radius 3 is 2.31 bits per heavy atom. The number of hydrogen-bond donors (Lipinski definition) is 1. The van der Waals surface area contributed by atoms with Crippen molar-refractivity contribution < 1.29 is 17.6 Å². The highest BCUT2D eigenvalue weighted by Gasteiger charge is 2.25.